The van der Waals surface area contributed by atoms with E-state index in [1.165, 1.54) is 0 Å². The van der Waals surface area contributed by atoms with Crippen molar-refractivity contribution >= 4 is 29.9 Å². The van der Waals surface area contributed by atoms with Gasteiger partial charge in [-0.05, 0) is 31.9 Å². The summed E-state index contributed by atoms with van der Waals surface area (Å²) in [6.45, 7) is 6.37. The van der Waals surface area contributed by atoms with Crippen molar-refractivity contribution in [1.29, 1.82) is 0 Å². The molecule has 7 nitrogen and oxygen atoms in total. The molecule has 8 heteroatoms. The normalized spacial score (nSPS) is 16.6. The Morgan fingerprint density at radius 3 is 2.89 bits per heavy atom. The first kappa shape index (κ1) is 22.6. The molecule has 1 unspecified atom stereocenters. The summed E-state index contributed by atoms with van der Waals surface area (Å²) in [4.78, 5) is 9.08. The number of aromatic nitrogens is 1. The quantitative estimate of drug-likeness (QED) is 0.238. The van der Waals surface area contributed by atoms with Crippen molar-refractivity contribution in [3.63, 3.8) is 0 Å². The van der Waals surface area contributed by atoms with Crippen LogP contribution in [0.1, 0.15) is 25.5 Å². The van der Waals surface area contributed by atoms with E-state index in [-0.39, 0.29) is 30.1 Å². The van der Waals surface area contributed by atoms with Gasteiger partial charge in [-0.3, -0.25) is 0 Å². The van der Waals surface area contributed by atoms with E-state index in [4.69, 9.17) is 13.9 Å². The molecule has 0 amide bonds. The highest BCUT2D eigenvalue weighted by molar-refractivity contribution is 14.0. The maximum atomic E-state index is 5.77. The average Bonchev–Trinajstić information content (AvgIpc) is 3.38. The second-order valence-corrected chi connectivity index (χ2v) is 6.34. The SMILES string of the molecule is CCNC(=NCc1coc(-c2ccccc2)n1)NCCCOC1CCOC1.I. The Balaban J connectivity index is 0.00000280. The molecule has 0 saturated carbocycles. The van der Waals surface area contributed by atoms with E-state index in [0.29, 0.717) is 12.4 Å². The van der Waals surface area contributed by atoms with E-state index in [2.05, 4.69) is 20.6 Å². The Morgan fingerprint density at radius 2 is 2.14 bits per heavy atom. The second kappa shape index (κ2) is 12.7. The number of oxazole rings is 1. The molecule has 0 radical (unpaired) electrons. The van der Waals surface area contributed by atoms with Crippen molar-refractivity contribution in [3.05, 3.63) is 42.3 Å². The van der Waals surface area contributed by atoms with Crippen LogP contribution in [0.3, 0.4) is 0 Å². The van der Waals surface area contributed by atoms with Gasteiger partial charge < -0.3 is 24.5 Å². The number of guanidine groups is 1. The fourth-order valence-corrected chi connectivity index (χ4v) is 2.77. The summed E-state index contributed by atoms with van der Waals surface area (Å²) in [7, 11) is 0. The number of rotatable bonds is 9. The number of ether oxygens (including phenoxy) is 2. The summed E-state index contributed by atoms with van der Waals surface area (Å²) in [6, 6.07) is 9.86. The lowest BCUT2D eigenvalue weighted by Gasteiger charge is -2.12. The lowest BCUT2D eigenvalue weighted by molar-refractivity contribution is 0.0420. The molecular weight excluding hydrogens is 471 g/mol. The van der Waals surface area contributed by atoms with Gasteiger partial charge in [0, 0.05) is 31.9 Å². The molecule has 1 saturated heterocycles. The van der Waals surface area contributed by atoms with Crippen LogP contribution in [-0.4, -0.2) is 50.0 Å². The van der Waals surface area contributed by atoms with Crippen molar-refractivity contribution < 1.29 is 13.9 Å². The molecule has 28 heavy (non-hydrogen) atoms. The number of benzene rings is 1. The Labute approximate surface area is 183 Å². The summed E-state index contributed by atoms with van der Waals surface area (Å²) in [5, 5.41) is 6.57. The van der Waals surface area contributed by atoms with Crippen LogP contribution >= 0.6 is 24.0 Å². The zero-order valence-corrected chi connectivity index (χ0v) is 18.6. The molecule has 1 aliphatic heterocycles. The van der Waals surface area contributed by atoms with Crippen LogP contribution in [0.4, 0.5) is 0 Å². The molecule has 1 aliphatic rings. The van der Waals surface area contributed by atoms with Gasteiger partial charge in [-0.15, -0.1) is 24.0 Å². The van der Waals surface area contributed by atoms with Crippen LogP contribution in [0, 0.1) is 0 Å². The molecule has 2 N–H and O–H groups in total. The monoisotopic (exact) mass is 500 g/mol. The minimum absolute atomic E-state index is 0. The predicted molar refractivity (Wildman–Crippen MR) is 120 cm³/mol. The predicted octanol–water partition coefficient (Wildman–Crippen LogP) is 3.21. The van der Waals surface area contributed by atoms with Crippen molar-refractivity contribution in [2.24, 2.45) is 4.99 Å². The molecule has 1 atom stereocenters. The largest absolute Gasteiger partial charge is 0.444 e. The number of aliphatic imine (C=N–C) groups is 1. The van der Waals surface area contributed by atoms with Crippen LogP contribution < -0.4 is 10.6 Å². The minimum atomic E-state index is 0. The van der Waals surface area contributed by atoms with E-state index in [0.717, 1.165) is 63.0 Å². The molecular formula is C20H29IN4O3. The first-order valence-corrected chi connectivity index (χ1v) is 9.56. The van der Waals surface area contributed by atoms with Gasteiger partial charge in [-0.2, -0.15) is 0 Å². The molecule has 1 fully saturated rings. The first-order chi connectivity index (χ1) is 13.3. The van der Waals surface area contributed by atoms with Gasteiger partial charge in [0.05, 0.1) is 19.3 Å². The summed E-state index contributed by atoms with van der Waals surface area (Å²) in [5.74, 6) is 1.39. The maximum Gasteiger partial charge on any atom is 0.226 e. The highest BCUT2D eigenvalue weighted by atomic mass is 127. The van der Waals surface area contributed by atoms with Crippen LogP contribution in [0.2, 0.25) is 0 Å². The van der Waals surface area contributed by atoms with Crippen LogP contribution in [0.15, 0.2) is 46.0 Å². The van der Waals surface area contributed by atoms with E-state index < -0.39 is 0 Å². The minimum Gasteiger partial charge on any atom is -0.444 e. The summed E-state index contributed by atoms with van der Waals surface area (Å²) >= 11 is 0. The molecule has 154 valence electrons. The number of hydrogen-bond acceptors (Lipinski definition) is 5. The Bertz CT molecular complexity index is 702. The molecule has 1 aromatic carbocycles. The van der Waals surface area contributed by atoms with Gasteiger partial charge in [-0.25, -0.2) is 9.98 Å². The summed E-state index contributed by atoms with van der Waals surface area (Å²) in [5.41, 5.74) is 1.76. The lowest BCUT2D eigenvalue weighted by atomic mass is 10.2. The van der Waals surface area contributed by atoms with E-state index >= 15 is 0 Å². The van der Waals surface area contributed by atoms with Crippen molar-refractivity contribution in [1.82, 2.24) is 15.6 Å². The molecule has 1 aromatic heterocycles. The smallest absolute Gasteiger partial charge is 0.226 e. The van der Waals surface area contributed by atoms with Gasteiger partial charge in [-0.1, -0.05) is 18.2 Å². The van der Waals surface area contributed by atoms with E-state index in [9.17, 15) is 0 Å². The van der Waals surface area contributed by atoms with Crippen LogP contribution in [0.5, 0.6) is 0 Å². The number of halogens is 1. The molecule has 0 aliphatic carbocycles. The third-order valence-corrected chi connectivity index (χ3v) is 4.17. The van der Waals surface area contributed by atoms with Crippen molar-refractivity contribution in [2.75, 3.05) is 32.9 Å². The third kappa shape index (κ3) is 7.40. The van der Waals surface area contributed by atoms with Gasteiger partial charge in [0.2, 0.25) is 5.89 Å². The van der Waals surface area contributed by atoms with Crippen LogP contribution in [-0.2, 0) is 16.0 Å². The summed E-state index contributed by atoms with van der Waals surface area (Å²) < 4.78 is 16.6. The fraction of sp³-hybridized carbons (Fsp3) is 0.500. The zero-order chi connectivity index (χ0) is 18.7. The average molecular weight is 500 g/mol. The Morgan fingerprint density at radius 1 is 1.29 bits per heavy atom. The Hall–Kier alpha value is -1.65. The third-order valence-electron chi connectivity index (χ3n) is 4.17. The lowest BCUT2D eigenvalue weighted by Crippen LogP contribution is -2.38. The fourth-order valence-electron chi connectivity index (χ4n) is 2.77. The first-order valence-electron chi connectivity index (χ1n) is 9.56. The number of nitrogens with zero attached hydrogens (tertiary/aromatic N) is 2. The van der Waals surface area contributed by atoms with E-state index in [1.807, 2.05) is 37.3 Å². The summed E-state index contributed by atoms with van der Waals surface area (Å²) in [6.07, 6.45) is 3.84. The van der Waals surface area contributed by atoms with Gasteiger partial charge in [0.1, 0.15) is 12.0 Å². The molecule has 2 aromatic rings. The highest BCUT2D eigenvalue weighted by Gasteiger charge is 2.15. The number of hydrogen-bond donors (Lipinski definition) is 2. The second-order valence-electron chi connectivity index (χ2n) is 6.34. The molecule has 0 bridgehead atoms. The highest BCUT2D eigenvalue weighted by Crippen LogP contribution is 2.18. The van der Waals surface area contributed by atoms with E-state index in [1.54, 1.807) is 6.26 Å². The van der Waals surface area contributed by atoms with Gasteiger partial charge in [0.15, 0.2) is 5.96 Å². The topological polar surface area (TPSA) is 80.9 Å². The number of nitrogens with one attached hydrogen (secondary N) is 2. The molecule has 2 heterocycles. The maximum absolute atomic E-state index is 5.77. The zero-order valence-electron chi connectivity index (χ0n) is 16.2. The van der Waals surface area contributed by atoms with Crippen molar-refractivity contribution in [3.8, 4) is 11.5 Å². The van der Waals surface area contributed by atoms with Gasteiger partial charge in [0.25, 0.3) is 0 Å². The Kier molecular flexibility index (Phi) is 10.3. The standard InChI is InChI=1S/C20H28N4O3.HI/c1-2-21-20(22-10-6-11-26-18-9-12-25-15-18)23-13-17-14-27-19(24-17)16-7-4-3-5-8-16;/h3-5,7-8,14,18H,2,6,9-13,15H2,1H3,(H2,21,22,23);1H. The van der Waals surface area contributed by atoms with Crippen molar-refractivity contribution in [2.45, 2.75) is 32.4 Å². The van der Waals surface area contributed by atoms with Crippen LogP contribution in [0.25, 0.3) is 11.5 Å². The molecule has 0 spiro atoms. The van der Waals surface area contributed by atoms with Gasteiger partial charge >= 0.3 is 0 Å². The molecule has 3 rings (SSSR count).